The summed E-state index contributed by atoms with van der Waals surface area (Å²) in [6, 6.07) is 0. The molecule has 4 nitrogen and oxygen atoms in total. The second kappa shape index (κ2) is 3.97. The van der Waals surface area contributed by atoms with Crippen molar-refractivity contribution in [2.45, 2.75) is 12.6 Å². The number of aliphatic carboxylic acids is 1. The van der Waals surface area contributed by atoms with Crippen molar-refractivity contribution < 1.29 is 28.2 Å². The van der Waals surface area contributed by atoms with Crippen LogP contribution in [0.1, 0.15) is 6.42 Å². The molecule has 0 amide bonds. The highest BCUT2D eigenvalue weighted by atomic mass is 19.4. The van der Waals surface area contributed by atoms with E-state index in [0.717, 1.165) is 0 Å². The third-order valence-corrected chi connectivity index (χ3v) is 2.70. The van der Waals surface area contributed by atoms with Gasteiger partial charge in [0, 0.05) is 6.54 Å². The first kappa shape index (κ1) is 12.3. The minimum atomic E-state index is -4.49. The van der Waals surface area contributed by atoms with Crippen LogP contribution < -0.4 is 0 Å². The van der Waals surface area contributed by atoms with E-state index in [0.29, 0.717) is 0 Å². The Balaban J connectivity index is 2.69. The van der Waals surface area contributed by atoms with Crippen LogP contribution in [0.25, 0.3) is 0 Å². The standard InChI is InChI=1S/C8H12F3NO3/c9-8(10,11)7(5-13)1-2-12(4-7)3-6(14)15/h13H,1-5H2,(H,14,15)/t7-/m0/s1. The summed E-state index contributed by atoms with van der Waals surface area (Å²) in [5.74, 6) is -1.16. The van der Waals surface area contributed by atoms with Gasteiger partial charge in [-0.15, -0.1) is 0 Å². The predicted octanol–water partition coefficient (Wildman–Crippen LogP) is 0.318. The molecular formula is C8H12F3NO3. The Kier molecular flexibility index (Phi) is 3.25. The fraction of sp³-hybridized carbons (Fsp3) is 0.875. The number of rotatable bonds is 3. The van der Waals surface area contributed by atoms with Gasteiger partial charge >= 0.3 is 12.1 Å². The Bertz CT molecular complexity index is 256. The third kappa shape index (κ3) is 2.40. The Morgan fingerprint density at radius 3 is 2.40 bits per heavy atom. The monoisotopic (exact) mass is 227 g/mol. The molecule has 0 radical (unpaired) electrons. The minimum Gasteiger partial charge on any atom is -0.480 e. The van der Waals surface area contributed by atoms with Gasteiger partial charge in [0.25, 0.3) is 0 Å². The number of aliphatic hydroxyl groups excluding tert-OH is 1. The number of nitrogens with zero attached hydrogens (tertiary/aromatic N) is 1. The van der Waals surface area contributed by atoms with Gasteiger partial charge in [0.1, 0.15) is 5.41 Å². The summed E-state index contributed by atoms with van der Waals surface area (Å²) in [6.45, 7) is -1.81. The van der Waals surface area contributed by atoms with E-state index in [-0.39, 0.29) is 13.0 Å². The normalized spacial score (nSPS) is 28.3. The number of carboxylic acid groups (broad SMARTS) is 1. The highest BCUT2D eigenvalue weighted by Crippen LogP contribution is 2.44. The summed E-state index contributed by atoms with van der Waals surface area (Å²) < 4.78 is 37.8. The van der Waals surface area contributed by atoms with Gasteiger partial charge in [-0.25, -0.2) is 0 Å². The van der Waals surface area contributed by atoms with Gasteiger partial charge in [-0.2, -0.15) is 13.2 Å². The van der Waals surface area contributed by atoms with Gasteiger partial charge in [0.15, 0.2) is 0 Å². The molecule has 1 aliphatic heterocycles. The molecule has 1 heterocycles. The van der Waals surface area contributed by atoms with E-state index < -0.39 is 37.3 Å². The lowest BCUT2D eigenvalue weighted by Crippen LogP contribution is -2.44. The maximum atomic E-state index is 12.6. The van der Waals surface area contributed by atoms with Crippen LogP contribution >= 0.6 is 0 Å². The summed E-state index contributed by atoms with van der Waals surface area (Å²) >= 11 is 0. The van der Waals surface area contributed by atoms with Crippen molar-refractivity contribution in [1.82, 2.24) is 4.90 Å². The fourth-order valence-corrected chi connectivity index (χ4v) is 1.73. The molecule has 1 rings (SSSR count). The van der Waals surface area contributed by atoms with Crippen molar-refractivity contribution in [1.29, 1.82) is 0 Å². The first-order valence-electron chi connectivity index (χ1n) is 4.42. The number of carboxylic acids is 1. The number of carbonyl (C=O) groups is 1. The molecule has 0 aliphatic carbocycles. The molecule has 0 saturated carbocycles. The minimum absolute atomic E-state index is 0.0480. The van der Waals surface area contributed by atoms with E-state index in [2.05, 4.69) is 0 Å². The number of aliphatic hydroxyl groups is 1. The molecule has 0 aromatic carbocycles. The molecule has 15 heavy (non-hydrogen) atoms. The summed E-state index contributed by atoms with van der Waals surface area (Å²) in [5, 5.41) is 17.2. The molecule has 1 atom stereocenters. The zero-order chi connectivity index (χ0) is 11.7. The molecule has 88 valence electrons. The van der Waals surface area contributed by atoms with Crippen LogP contribution in [0.2, 0.25) is 0 Å². The zero-order valence-electron chi connectivity index (χ0n) is 7.92. The van der Waals surface area contributed by atoms with Crippen LogP contribution in [-0.2, 0) is 4.79 Å². The average Bonchev–Trinajstić information content (AvgIpc) is 2.47. The highest BCUT2D eigenvalue weighted by Gasteiger charge is 2.57. The van der Waals surface area contributed by atoms with Crippen LogP contribution in [-0.4, -0.2) is 53.5 Å². The molecule has 7 heteroatoms. The Morgan fingerprint density at radius 2 is 2.07 bits per heavy atom. The molecule has 0 unspecified atom stereocenters. The lowest BCUT2D eigenvalue weighted by atomic mass is 9.87. The summed E-state index contributed by atoms with van der Waals surface area (Å²) in [6.07, 6.45) is -4.74. The smallest absolute Gasteiger partial charge is 0.397 e. The van der Waals surface area contributed by atoms with Crippen molar-refractivity contribution in [2.75, 3.05) is 26.2 Å². The van der Waals surface area contributed by atoms with Crippen molar-refractivity contribution in [3.05, 3.63) is 0 Å². The van der Waals surface area contributed by atoms with Crippen molar-refractivity contribution >= 4 is 5.97 Å². The first-order valence-corrected chi connectivity index (χ1v) is 4.42. The van der Waals surface area contributed by atoms with E-state index in [1.807, 2.05) is 0 Å². The molecule has 1 aliphatic rings. The van der Waals surface area contributed by atoms with Crippen LogP contribution in [0.15, 0.2) is 0 Å². The molecule has 2 N–H and O–H groups in total. The number of hydrogen-bond acceptors (Lipinski definition) is 3. The average molecular weight is 227 g/mol. The van der Waals surface area contributed by atoms with Crippen LogP contribution in [0.4, 0.5) is 13.2 Å². The van der Waals surface area contributed by atoms with Crippen LogP contribution in [0.3, 0.4) is 0 Å². The Morgan fingerprint density at radius 1 is 1.47 bits per heavy atom. The fourth-order valence-electron chi connectivity index (χ4n) is 1.73. The van der Waals surface area contributed by atoms with Crippen molar-refractivity contribution in [3.63, 3.8) is 0 Å². The van der Waals surface area contributed by atoms with E-state index in [1.54, 1.807) is 0 Å². The lowest BCUT2D eigenvalue weighted by Gasteiger charge is -2.29. The van der Waals surface area contributed by atoms with E-state index in [1.165, 1.54) is 4.90 Å². The van der Waals surface area contributed by atoms with Gasteiger partial charge < -0.3 is 10.2 Å². The summed E-state index contributed by atoms with van der Waals surface area (Å²) in [4.78, 5) is 11.5. The maximum Gasteiger partial charge on any atom is 0.397 e. The second-order valence-electron chi connectivity index (χ2n) is 3.79. The number of likely N-dealkylation sites (tertiary alicyclic amines) is 1. The SMILES string of the molecule is O=C(O)CN1CC[C@](CO)(C(F)(F)F)C1. The summed E-state index contributed by atoms with van der Waals surface area (Å²) in [7, 11) is 0. The van der Waals surface area contributed by atoms with E-state index in [4.69, 9.17) is 10.2 Å². The quantitative estimate of drug-likeness (QED) is 0.728. The Hall–Kier alpha value is -0.820. The van der Waals surface area contributed by atoms with Crippen molar-refractivity contribution in [2.24, 2.45) is 5.41 Å². The molecule has 1 fully saturated rings. The molecule has 0 aromatic heterocycles. The largest absolute Gasteiger partial charge is 0.480 e. The molecule has 0 aromatic rings. The van der Waals surface area contributed by atoms with Crippen LogP contribution in [0.5, 0.6) is 0 Å². The second-order valence-corrected chi connectivity index (χ2v) is 3.79. The molecule has 0 bridgehead atoms. The van der Waals surface area contributed by atoms with Gasteiger partial charge in [-0.3, -0.25) is 9.69 Å². The highest BCUT2D eigenvalue weighted by molar-refractivity contribution is 5.69. The van der Waals surface area contributed by atoms with Gasteiger partial charge in [0.05, 0.1) is 13.2 Å². The molecule has 0 spiro atoms. The van der Waals surface area contributed by atoms with E-state index in [9.17, 15) is 18.0 Å². The predicted molar refractivity (Wildman–Crippen MR) is 44.3 cm³/mol. The maximum absolute atomic E-state index is 12.6. The number of halogens is 3. The van der Waals surface area contributed by atoms with Gasteiger partial charge in [0.2, 0.25) is 0 Å². The van der Waals surface area contributed by atoms with Gasteiger partial charge in [-0.1, -0.05) is 0 Å². The number of hydrogen-bond donors (Lipinski definition) is 2. The van der Waals surface area contributed by atoms with Crippen LogP contribution in [0, 0.1) is 5.41 Å². The molecule has 1 saturated heterocycles. The summed E-state index contributed by atoms with van der Waals surface area (Å²) in [5.41, 5.74) is -2.15. The van der Waals surface area contributed by atoms with Crippen molar-refractivity contribution in [3.8, 4) is 0 Å². The third-order valence-electron chi connectivity index (χ3n) is 2.70. The number of alkyl halides is 3. The lowest BCUT2D eigenvalue weighted by molar-refractivity contribution is -0.230. The first-order chi connectivity index (χ1) is 6.81. The zero-order valence-corrected chi connectivity index (χ0v) is 7.92. The Labute approximate surface area is 84.3 Å². The van der Waals surface area contributed by atoms with Gasteiger partial charge in [-0.05, 0) is 13.0 Å². The van der Waals surface area contributed by atoms with E-state index >= 15 is 0 Å². The molecular weight excluding hydrogens is 215 g/mol. The topological polar surface area (TPSA) is 60.8 Å².